The molecule has 1 aromatic heterocycles. The third-order valence-electron chi connectivity index (χ3n) is 2.82. The number of aromatic nitrogens is 2. The van der Waals surface area contributed by atoms with Crippen LogP contribution in [0.3, 0.4) is 0 Å². The van der Waals surface area contributed by atoms with Gasteiger partial charge in [-0.15, -0.1) is 12.4 Å². The van der Waals surface area contributed by atoms with Gasteiger partial charge in [-0.25, -0.2) is 0 Å². The Labute approximate surface area is 108 Å². The van der Waals surface area contributed by atoms with Crippen LogP contribution in [0.2, 0.25) is 0 Å². The van der Waals surface area contributed by atoms with Crippen LogP contribution in [-0.4, -0.2) is 43.2 Å². The smallest absolute Gasteiger partial charge is 0.157 e. The number of nitrogens with zero attached hydrogens (tertiary/aromatic N) is 2. The van der Waals surface area contributed by atoms with Crippen molar-refractivity contribution in [1.29, 1.82) is 0 Å². The summed E-state index contributed by atoms with van der Waals surface area (Å²) in [5, 5.41) is 7.69. The van der Waals surface area contributed by atoms with E-state index in [0.29, 0.717) is 19.3 Å². The number of rotatable bonds is 5. The van der Waals surface area contributed by atoms with E-state index in [0.717, 1.165) is 31.7 Å². The van der Waals surface area contributed by atoms with Crippen molar-refractivity contribution in [3.05, 3.63) is 12.4 Å². The van der Waals surface area contributed by atoms with Gasteiger partial charge < -0.3 is 14.8 Å². The minimum atomic E-state index is 0. The molecule has 0 spiro atoms. The van der Waals surface area contributed by atoms with E-state index in [2.05, 4.69) is 10.4 Å². The summed E-state index contributed by atoms with van der Waals surface area (Å²) in [5.74, 6) is 0.829. The van der Waals surface area contributed by atoms with Crippen molar-refractivity contribution >= 4 is 12.4 Å². The molecule has 1 aliphatic heterocycles. The van der Waals surface area contributed by atoms with E-state index in [1.807, 2.05) is 10.9 Å². The zero-order chi connectivity index (χ0) is 11.2. The first kappa shape index (κ1) is 14.3. The second kappa shape index (κ2) is 7.53. The summed E-state index contributed by atoms with van der Waals surface area (Å²) in [5.41, 5.74) is 0. The van der Waals surface area contributed by atoms with Crippen molar-refractivity contribution in [3.63, 3.8) is 0 Å². The molecule has 1 aliphatic rings. The van der Waals surface area contributed by atoms with Gasteiger partial charge in [0.2, 0.25) is 0 Å². The fourth-order valence-corrected chi connectivity index (χ4v) is 1.91. The first-order valence-corrected chi connectivity index (χ1v) is 5.77. The highest BCUT2D eigenvalue weighted by Crippen LogP contribution is 2.20. The minimum absolute atomic E-state index is 0. The molecular formula is C11H20ClN3O2. The lowest BCUT2D eigenvalue weighted by molar-refractivity contribution is 0.146. The Morgan fingerprint density at radius 3 is 2.88 bits per heavy atom. The topological polar surface area (TPSA) is 48.3 Å². The lowest BCUT2D eigenvalue weighted by Crippen LogP contribution is -2.29. The standard InChI is InChI=1S/C11H19N3O2.ClH/c1-15-6-7-16-11-8-13-14(9-11)10-2-4-12-5-3-10;/h8-10,12H,2-7H2,1H3;1H. The molecule has 0 radical (unpaired) electrons. The summed E-state index contributed by atoms with van der Waals surface area (Å²) >= 11 is 0. The number of hydrogen-bond acceptors (Lipinski definition) is 4. The van der Waals surface area contributed by atoms with E-state index in [1.165, 1.54) is 0 Å². The summed E-state index contributed by atoms with van der Waals surface area (Å²) in [6.45, 7) is 3.34. The second-order valence-electron chi connectivity index (χ2n) is 3.98. The van der Waals surface area contributed by atoms with Crippen LogP contribution in [0.5, 0.6) is 5.75 Å². The zero-order valence-corrected chi connectivity index (χ0v) is 10.9. The fraction of sp³-hybridized carbons (Fsp3) is 0.727. The predicted octanol–water partition coefficient (Wildman–Crippen LogP) is 1.25. The number of methoxy groups -OCH3 is 1. The molecule has 0 unspecified atom stereocenters. The molecule has 0 saturated carbocycles. The Kier molecular flexibility index (Phi) is 6.32. The Morgan fingerprint density at radius 2 is 2.18 bits per heavy atom. The van der Waals surface area contributed by atoms with Gasteiger partial charge in [0.25, 0.3) is 0 Å². The van der Waals surface area contributed by atoms with Gasteiger partial charge in [0, 0.05) is 7.11 Å². The SMILES string of the molecule is COCCOc1cnn(C2CCNCC2)c1.Cl. The molecule has 6 heteroatoms. The lowest BCUT2D eigenvalue weighted by Gasteiger charge is -2.22. The third kappa shape index (κ3) is 4.18. The number of ether oxygens (including phenoxy) is 2. The van der Waals surface area contributed by atoms with Gasteiger partial charge in [0.1, 0.15) is 6.61 Å². The summed E-state index contributed by atoms with van der Waals surface area (Å²) in [4.78, 5) is 0. The van der Waals surface area contributed by atoms with E-state index in [1.54, 1.807) is 13.3 Å². The number of hydrogen-bond donors (Lipinski definition) is 1. The average molecular weight is 262 g/mol. The molecule has 1 fully saturated rings. The van der Waals surface area contributed by atoms with Crippen LogP contribution in [0.25, 0.3) is 0 Å². The first-order chi connectivity index (χ1) is 7.90. The van der Waals surface area contributed by atoms with Gasteiger partial charge in [0.15, 0.2) is 5.75 Å². The molecule has 17 heavy (non-hydrogen) atoms. The van der Waals surface area contributed by atoms with E-state index >= 15 is 0 Å². The molecule has 1 saturated heterocycles. The molecule has 0 amide bonds. The molecule has 2 rings (SSSR count). The number of piperidine rings is 1. The van der Waals surface area contributed by atoms with Gasteiger partial charge >= 0.3 is 0 Å². The molecular weight excluding hydrogens is 242 g/mol. The second-order valence-corrected chi connectivity index (χ2v) is 3.98. The molecule has 5 nitrogen and oxygen atoms in total. The maximum absolute atomic E-state index is 5.49. The number of nitrogens with one attached hydrogen (secondary N) is 1. The summed E-state index contributed by atoms with van der Waals surface area (Å²) < 4.78 is 12.4. The van der Waals surface area contributed by atoms with Crippen molar-refractivity contribution in [2.75, 3.05) is 33.4 Å². The van der Waals surface area contributed by atoms with Crippen LogP contribution in [0.1, 0.15) is 18.9 Å². The maximum Gasteiger partial charge on any atom is 0.157 e. The van der Waals surface area contributed by atoms with E-state index in [-0.39, 0.29) is 12.4 Å². The van der Waals surface area contributed by atoms with Crippen LogP contribution in [0.4, 0.5) is 0 Å². The number of halogens is 1. The van der Waals surface area contributed by atoms with Crippen LogP contribution < -0.4 is 10.1 Å². The lowest BCUT2D eigenvalue weighted by atomic mass is 10.1. The summed E-state index contributed by atoms with van der Waals surface area (Å²) in [6.07, 6.45) is 6.03. The Bertz CT molecular complexity index is 313. The quantitative estimate of drug-likeness (QED) is 0.811. The van der Waals surface area contributed by atoms with Crippen molar-refractivity contribution in [3.8, 4) is 5.75 Å². The fourth-order valence-electron chi connectivity index (χ4n) is 1.91. The highest BCUT2D eigenvalue weighted by Gasteiger charge is 2.15. The molecule has 2 heterocycles. The molecule has 0 aliphatic carbocycles. The molecule has 0 aromatic carbocycles. The summed E-state index contributed by atoms with van der Waals surface area (Å²) in [6, 6.07) is 0.515. The van der Waals surface area contributed by atoms with Crippen LogP contribution in [0.15, 0.2) is 12.4 Å². The van der Waals surface area contributed by atoms with Gasteiger partial charge in [-0.2, -0.15) is 5.10 Å². The predicted molar refractivity (Wildman–Crippen MR) is 68.0 cm³/mol. The Morgan fingerprint density at radius 1 is 1.41 bits per heavy atom. The van der Waals surface area contributed by atoms with E-state index < -0.39 is 0 Å². The van der Waals surface area contributed by atoms with Gasteiger partial charge in [-0.05, 0) is 25.9 Å². The molecule has 1 N–H and O–H groups in total. The Hall–Kier alpha value is -0.780. The van der Waals surface area contributed by atoms with Crippen molar-refractivity contribution in [2.24, 2.45) is 0 Å². The van der Waals surface area contributed by atoms with Crippen molar-refractivity contribution < 1.29 is 9.47 Å². The maximum atomic E-state index is 5.49. The highest BCUT2D eigenvalue weighted by molar-refractivity contribution is 5.85. The highest BCUT2D eigenvalue weighted by atomic mass is 35.5. The average Bonchev–Trinajstić information content (AvgIpc) is 2.79. The van der Waals surface area contributed by atoms with E-state index in [4.69, 9.17) is 9.47 Å². The van der Waals surface area contributed by atoms with Gasteiger partial charge in [-0.1, -0.05) is 0 Å². The minimum Gasteiger partial charge on any atom is -0.488 e. The summed E-state index contributed by atoms with van der Waals surface area (Å²) in [7, 11) is 1.67. The largest absolute Gasteiger partial charge is 0.488 e. The molecule has 1 aromatic rings. The monoisotopic (exact) mass is 261 g/mol. The van der Waals surface area contributed by atoms with E-state index in [9.17, 15) is 0 Å². The Balaban J connectivity index is 0.00000144. The molecule has 98 valence electrons. The zero-order valence-electron chi connectivity index (χ0n) is 10.1. The van der Waals surface area contributed by atoms with Crippen LogP contribution in [-0.2, 0) is 4.74 Å². The van der Waals surface area contributed by atoms with Gasteiger partial charge in [-0.3, -0.25) is 4.68 Å². The molecule has 0 atom stereocenters. The van der Waals surface area contributed by atoms with Crippen molar-refractivity contribution in [1.82, 2.24) is 15.1 Å². The van der Waals surface area contributed by atoms with Crippen LogP contribution in [0, 0.1) is 0 Å². The normalized spacial score (nSPS) is 16.5. The van der Waals surface area contributed by atoms with Crippen molar-refractivity contribution in [2.45, 2.75) is 18.9 Å². The third-order valence-corrected chi connectivity index (χ3v) is 2.82. The first-order valence-electron chi connectivity index (χ1n) is 5.77. The van der Waals surface area contributed by atoms with Gasteiger partial charge in [0.05, 0.1) is 25.0 Å². The van der Waals surface area contributed by atoms with Crippen LogP contribution >= 0.6 is 12.4 Å². The molecule has 0 bridgehead atoms.